The lowest BCUT2D eigenvalue weighted by atomic mass is 9.56. The Morgan fingerprint density at radius 2 is 1.84 bits per heavy atom. The molecule has 1 spiro atoms. The van der Waals surface area contributed by atoms with Gasteiger partial charge in [-0.1, -0.05) is 81.4 Å². The van der Waals surface area contributed by atoms with E-state index in [2.05, 4.69) is 36.7 Å². The molecule has 4 atom stereocenters. The quantitative estimate of drug-likeness (QED) is 0.389. The van der Waals surface area contributed by atoms with Gasteiger partial charge in [0.2, 0.25) is 11.8 Å². The largest absolute Gasteiger partial charge is 0.352 e. The lowest BCUT2D eigenvalue weighted by molar-refractivity contribution is -0.124. The first kappa shape index (κ1) is 27.4. The molecule has 2 heterocycles. The van der Waals surface area contributed by atoms with Crippen molar-refractivity contribution in [2.24, 2.45) is 5.41 Å². The highest BCUT2D eigenvalue weighted by molar-refractivity contribution is 6.31. The zero-order valence-corrected chi connectivity index (χ0v) is 23.9. The van der Waals surface area contributed by atoms with E-state index in [0.717, 1.165) is 32.1 Å². The molecule has 2 fully saturated rings. The Balaban J connectivity index is 1.74. The molecule has 2 amide bonds. The van der Waals surface area contributed by atoms with Gasteiger partial charge in [0.25, 0.3) is 0 Å². The molecule has 5 rings (SSSR count). The van der Waals surface area contributed by atoms with Gasteiger partial charge in [0.1, 0.15) is 11.2 Å². The van der Waals surface area contributed by atoms with Crippen LogP contribution in [0.3, 0.4) is 0 Å². The van der Waals surface area contributed by atoms with Crippen molar-refractivity contribution >= 4 is 40.7 Å². The topological polar surface area (TPSA) is 70.2 Å². The number of fused-ring (bicyclic) bond motifs is 2. The summed E-state index contributed by atoms with van der Waals surface area (Å²) in [5, 5.41) is 10.3. The lowest BCUT2D eigenvalue weighted by Crippen LogP contribution is -2.59. The normalized spacial score (nSPS) is 29.4. The first-order valence-electron chi connectivity index (χ1n) is 13.5. The van der Waals surface area contributed by atoms with Crippen LogP contribution in [0.1, 0.15) is 83.3 Å². The molecule has 0 aromatic heterocycles. The third-order valence-electron chi connectivity index (χ3n) is 8.59. The van der Waals surface area contributed by atoms with Gasteiger partial charge in [0, 0.05) is 28.2 Å². The second-order valence-corrected chi connectivity index (χ2v) is 13.5. The maximum atomic E-state index is 15.9. The van der Waals surface area contributed by atoms with Crippen molar-refractivity contribution in [2.45, 2.75) is 95.2 Å². The number of hydrogen-bond acceptors (Lipinski definition) is 3. The molecule has 3 aliphatic rings. The van der Waals surface area contributed by atoms with Gasteiger partial charge >= 0.3 is 0 Å². The SMILES string of the molecule is CC(C)(C)C[C@]1(C)N[C@@H](C(=O)NC2CCCCC2)[C@H](c2cccc(Cl)c2F)[C@]12C(=O)Nc1cc(Cl)ccc12. The smallest absolute Gasteiger partial charge is 0.238 e. The summed E-state index contributed by atoms with van der Waals surface area (Å²) in [6.07, 6.45) is 5.69. The van der Waals surface area contributed by atoms with Crippen LogP contribution in [-0.2, 0) is 15.0 Å². The second kappa shape index (κ2) is 9.79. The molecule has 2 aliphatic heterocycles. The molecular formula is C30H36Cl2FN3O2. The minimum atomic E-state index is -1.29. The predicted octanol–water partition coefficient (Wildman–Crippen LogP) is 6.72. The zero-order valence-electron chi connectivity index (χ0n) is 22.4. The molecule has 3 N–H and O–H groups in total. The second-order valence-electron chi connectivity index (χ2n) is 12.6. The van der Waals surface area contributed by atoms with E-state index in [0.29, 0.717) is 22.7 Å². The Morgan fingerprint density at radius 3 is 2.53 bits per heavy atom. The van der Waals surface area contributed by atoms with Gasteiger partial charge in [-0.15, -0.1) is 0 Å². The fraction of sp³-hybridized carbons (Fsp3) is 0.533. The molecular weight excluding hydrogens is 524 g/mol. The molecule has 1 aliphatic carbocycles. The molecule has 2 aromatic rings. The van der Waals surface area contributed by atoms with Gasteiger partial charge in [0.05, 0.1) is 11.1 Å². The van der Waals surface area contributed by atoms with Crippen molar-refractivity contribution < 1.29 is 14.0 Å². The number of nitrogens with one attached hydrogen (secondary N) is 3. The van der Waals surface area contributed by atoms with Crippen LogP contribution >= 0.6 is 23.2 Å². The van der Waals surface area contributed by atoms with E-state index in [1.54, 1.807) is 24.3 Å². The van der Waals surface area contributed by atoms with Crippen molar-refractivity contribution in [2.75, 3.05) is 5.32 Å². The summed E-state index contributed by atoms with van der Waals surface area (Å²) >= 11 is 12.6. The maximum Gasteiger partial charge on any atom is 0.238 e. The van der Waals surface area contributed by atoms with Crippen LogP contribution in [0.2, 0.25) is 10.0 Å². The Labute approximate surface area is 234 Å². The van der Waals surface area contributed by atoms with Gasteiger partial charge in [0.15, 0.2) is 0 Å². The summed E-state index contributed by atoms with van der Waals surface area (Å²) in [4.78, 5) is 28.4. The van der Waals surface area contributed by atoms with E-state index < -0.39 is 28.7 Å². The number of anilines is 1. The molecule has 204 valence electrons. The van der Waals surface area contributed by atoms with Crippen LogP contribution in [0.15, 0.2) is 36.4 Å². The summed E-state index contributed by atoms with van der Waals surface area (Å²) in [5.41, 5.74) is -0.850. The molecule has 0 bridgehead atoms. The minimum absolute atomic E-state index is 0.0387. The Hall–Kier alpha value is -2.15. The Morgan fingerprint density at radius 1 is 1.13 bits per heavy atom. The average Bonchev–Trinajstić information content (AvgIpc) is 3.27. The molecule has 1 saturated carbocycles. The van der Waals surface area contributed by atoms with Crippen molar-refractivity contribution in [3.05, 3.63) is 63.4 Å². The maximum absolute atomic E-state index is 15.9. The van der Waals surface area contributed by atoms with E-state index in [4.69, 9.17) is 23.2 Å². The third-order valence-corrected chi connectivity index (χ3v) is 9.12. The first-order valence-corrected chi connectivity index (χ1v) is 14.3. The van der Waals surface area contributed by atoms with Crippen LogP contribution in [-0.4, -0.2) is 29.4 Å². The summed E-state index contributed by atoms with van der Waals surface area (Å²) in [6.45, 7) is 8.31. The van der Waals surface area contributed by atoms with E-state index in [1.807, 2.05) is 13.0 Å². The number of amides is 2. The molecule has 2 aromatic carbocycles. The summed E-state index contributed by atoms with van der Waals surface area (Å²) in [7, 11) is 0. The number of halogens is 3. The monoisotopic (exact) mass is 559 g/mol. The lowest BCUT2D eigenvalue weighted by Gasteiger charge is -2.45. The zero-order chi connectivity index (χ0) is 27.5. The van der Waals surface area contributed by atoms with Crippen LogP contribution < -0.4 is 16.0 Å². The van der Waals surface area contributed by atoms with E-state index in [1.165, 1.54) is 6.07 Å². The molecule has 38 heavy (non-hydrogen) atoms. The van der Waals surface area contributed by atoms with Gasteiger partial charge in [-0.05, 0) is 60.9 Å². The summed E-state index contributed by atoms with van der Waals surface area (Å²) in [5.74, 6) is -1.94. The van der Waals surface area contributed by atoms with Gasteiger partial charge in [-0.3, -0.25) is 14.9 Å². The summed E-state index contributed by atoms with van der Waals surface area (Å²) < 4.78 is 15.9. The fourth-order valence-electron chi connectivity index (χ4n) is 7.48. The number of carbonyl (C=O) groups excluding carboxylic acids is 2. The van der Waals surface area contributed by atoms with Gasteiger partial charge in [-0.25, -0.2) is 4.39 Å². The fourth-order valence-corrected chi connectivity index (χ4v) is 7.83. The Bertz CT molecular complexity index is 1270. The van der Waals surface area contributed by atoms with Crippen LogP contribution in [0, 0.1) is 11.2 Å². The number of benzene rings is 2. The van der Waals surface area contributed by atoms with E-state index in [9.17, 15) is 9.59 Å². The standard InChI is InChI=1S/C30H36Cl2FN3O2/c1-28(2,3)16-29(4)30(20-14-13-17(31)15-22(20)35-27(30)38)23(19-11-8-12-21(32)24(19)33)25(36-29)26(37)34-18-9-6-5-7-10-18/h8,11-15,18,23,25,36H,5-7,9-10,16H2,1-4H3,(H,34,37)(H,35,38)/t23-,25+,29-,30+/m0/s1. The van der Waals surface area contributed by atoms with Crippen molar-refractivity contribution in [3.8, 4) is 0 Å². The molecule has 0 radical (unpaired) electrons. The number of rotatable bonds is 4. The highest BCUT2D eigenvalue weighted by atomic mass is 35.5. The van der Waals surface area contributed by atoms with Gasteiger partial charge in [-0.2, -0.15) is 0 Å². The molecule has 1 saturated heterocycles. The number of carbonyl (C=O) groups is 2. The highest BCUT2D eigenvalue weighted by Gasteiger charge is 2.71. The molecule has 5 nitrogen and oxygen atoms in total. The Kier molecular flexibility index (Phi) is 7.07. The van der Waals surface area contributed by atoms with Crippen molar-refractivity contribution in [3.63, 3.8) is 0 Å². The number of hydrogen-bond donors (Lipinski definition) is 3. The third kappa shape index (κ3) is 4.43. The predicted molar refractivity (Wildman–Crippen MR) is 150 cm³/mol. The van der Waals surface area contributed by atoms with Crippen LogP contribution in [0.5, 0.6) is 0 Å². The van der Waals surface area contributed by atoms with Crippen LogP contribution in [0.4, 0.5) is 10.1 Å². The minimum Gasteiger partial charge on any atom is -0.352 e. The van der Waals surface area contributed by atoms with E-state index >= 15 is 4.39 Å². The highest BCUT2D eigenvalue weighted by Crippen LogP contribution is 2.61. The van der Waals surface area contributed by atoms with Crippen LogP contribution in [0.25, 0.3) is 0 Å². The average molecular weight is 561 g/mol. The first-order chi connectivity index (χ1) is 17.9. The molecule has 8 heteroatoms. The van der Waals surface area contributed by atoms with E-state index in [-0.39, 0.29) is 33.9 Å². The molecule has 0 unspecified atom stereocenters. The van der Waals surface area contributed by atoms with Crippen molar-refractivity contribution in [1.82, 2.24) is 10.6 Å². The summed E-state index contributed by atoms with van der Waals surface area (Å²) in [6, 6.07) is 9.35. The van der Waals surface area contributed by atoms with Gasteiger partial charge < -0.3 is 10.6 Å². The van der Waals surface area contributed by atoms with Crippen molar-refractivity contribution in [1.29, 1.82) is 0 Å².